The Bertz CT molecular complexity index is 576. The van der Waals surface area contributed by atoms with Crippen molar-refractivity contribution in [3.8, 4) is 0 Å². The van der Waals surface area contributed by atoms with Crippen LogP contribution < -0.4 is 0 Å². The van der Waals surface area contributed by atoms with Gasteiger partial charge in [-0.15, -0.1) is 0 Å². The minimum atomic E-state index is -0.579. The van der Waals surface area contributed by atoms with Crippen molar-refractivity contribution < 1.29 is 14.6 Å². The molecule has 2 aliphatic rings. The van der Waals surface area contributed by atoms with E-state index >= 15 is 0 Å². The zero-order valence-electron chi connectivity index (χ0n) is 14.2. The maximum atomic E-state index is 11.6. The van der Waals surface area contributed by atoms with Crippen molar-refractivity contribution in [2.75, 3.05) is 20.2 Å². The third-order valence-corrected chi connectivity index (χ3v) is 5.97. The highest BCUT2D eigenvalue weighted by Crippen LogP contribution is 2.49. The summed E-state index contributed by atoms with van der Waals surface area (Å²) in [4.78, 5) is 13.9. The topological polar surface area (TPSA) is 49.8 Å². The van der Waals surface area contributed by atoms with Crippen molar-refractivity contribution in [2.45, 2.75) is 50.2 Å². The Balaban J connectivity index is 1.87. The number of rotatable bonds is 4. The Morgan fingerprint density at radius 2 is 2.08 bits per heavy atom. The highest BCUT2D eigenvalue weighted by Gasteiger charge is 2.48. The second-order valence-corrected chi connectivity index (χ2v) is 7.50. The maximum Gasteiger partial charge on any atom is 0.306 e. The van der Waals surface area contributed by atoms with Gasteiger partial charge < -0.3 is 9.84 Å². The predicted octanol–water partition coefficient (Wildman–Crippen LogP) is 3.57. The van der Waals surface area contributed by atoms with Crippen LogP contribution in [0.5, 0.6) is 0 Å². The first-order chi connectivity index (χ1) is 11.5. The van der Waals surface area contributed by atoms with Crippen LogP contribution in [-0.4, -0.2) is 41.8 Å². The van der Waals surface area contributed by atoms with E-state index in [4.69, 9.17) is 16.3 Å². The standard InChI is InChI=1S/C19H26ClNO3/c1-24-17(22)9-12-21-13-11-19(23)10-3-2-4-16(19)18(21)14-5-7-15(20)8-6-14/h5-8,16,18,23H,2-4,9-13H2,1H3. The molecule has 1 aliphatic carbocycles. The number of ether oxygens (including phenoxy) is 1. The molecule has 0 bridgehead atoms. The summed E-state index contributed by atoms with van der Waals surface area (Å²) in [6, 6.07) is 8.06. The molecule has 1 saturated heterocycles. The fourth-order valence-electron chi connectivity index (χ4n) is 4.43. The maximum absolute atomic E-state index is 11.6. The molecule has 3 rings (SSSR count). The summed E-state index contributed by atoms with van der Waals surface area (Å²) in [7, 11) is 1.43. The lowest BCUT2D eigenvalue weighted by Crippen LogP contribution is -2.55. The highest BCUT2D eigenvalue weighted by molar-refractivity contribution is 6.30. The van der Waals surface area contributed by atoms with Crippen molar-refractivity contribution >= 4 is 17.6 Å². The number of esters is 1. The highest BCUT2D eigenvalue weighted by atomic mass is 35.5. The number of halogens is 1. The molecule has 1 aromatic carbocycles. The predicted molar refractivity (Wildman–Crippen MR) is 93.9 cm³/mol. The second-order valence-electron chi connectivity index (χ2n) is 7.06. The number of carbonyl (C=O) groups is 1. The zero-order valence-corrected chi connectivity index (χ0v) is 15.0. The first-order valence-corrected chi connectivity index (χ1v) is 9.20. The van der Waals surface area contributed by atoms with Crippen LogP contribution in [0.3, 0.4) is 0 Å². The van der Waals surface area contributed by atoms with Gasteiger partial charge in [0, 0.05) is 30.1 Å². The van der Waals surface area contributed by atoms with Crippen molar-refractivity contribution in [3.63, 3.8) is 0 Å². The van der Waals surface area contributed by atoms with Crippen molar-refractivity contribution in [2.24, 2.45) is 5.92 Å². The summed E-state index contributed by atoms with van der Waals surface area (Å²) < 4.78 is 4.79. The summed E-state index contributed by atoms with van der Waals surface area (Å²) in [5.74, 6) is 0.0214. The molecule has 3 unspecified atom stereocenters. The number of piperidine rings is 1. The van der Waals surface area contributed by atoms with Gasteiger partial charge in [0.25, 0.3) is 0 Å². The van der Waals surface area contributed by atoms with Gasteiger partial charge in [0.05, 0.1) is 19.1 Å². The first-order valence-electron chi connectivity index (χ1n) is 8.82. The number of hydrogen-bond acceptors (Lipinski definition) is 4. The molecule has 4 nitrogen and oxygen atoms in total. The van der Waals surface area contributed by atoms with E-state index in [1.807, 2.05) is 12.1 Å². The lowest BCUT2D eigenvalue weighted by molar-refractivity contribution is -0.143. The average Bonchev–Trinajstić information content (AvgIpc) is 2.59. The molecular weight excluding hydrogens is 326 g/mol. The SMILES string of the molecule is COC(=O)CCN1CCC2(O)CCCCC2C1c1ccc(Cl)cc1. The second kappa shape index (κ2) is 7.42. The van der Waals surface area contributed by atoms with E-state index in [2.05, 4.69) is 17.0 Å². The van der Waals surface area contributed by atoms with E-state index in [-0.39, 0.29) is 17.9 Å². The van der Waals surface area contributed by atoms with Gasteiger partial charge in [0.2, 0.25) is 0 Å². The number of carbonyl (C=O) groups excluding carboxylic acids is 1. The molecule has 0 radical (unpaired) electrons. The quantitative estimate of drug-likeness (QED) is 0.842. The lowest BCUT2D eigenvalue weighted by Gasteiger charge is -2.52. The molecule has 1 heterocycles. The fraction of sp³-hybridized carbons (Fsp3) is 0.632. The Hall–Kier alpha value is -1.10. The average molecular weight is 352 g/mol. The molecule has 3 atom stereocenters. The van der Waals surface area contributed by atoms with Crippen LogP contribution in [0, 0.1) is 5.92 Å². The van der Waals surface area contributed by atoms with E-state index in [1.54, 1.807) is 0 Å². The fourth-order valence-corrected chi connectivity index (χ4v) is 4.56. The van der Waals surface area contributed by atoms with Crippen molar-refractivity contribution in [1.82, 2.24) is 4.90 Å². The Morgan fingerprint density at radius 3 is 2.79 bits per heavy atom. The molecular formula is C19H26ClNO3. The van der Waals surface area contributed by atoms with Crippen LogP contribution >= 0.6 is 11.6 Å². The number of nitrogens with zero attached hydrogens (tertiary/aromatic N) is 1. The molecule has 24 heavy (non-hydrogen) atoms. The van der Waals surface area contributed by atoms with Crippen LogP contribution in [0.15, 0.2) is 24.3 Å². The van der Waals surface area contributed by atoms with Crippen molar-refractivity contribution in [3.05, 3.63) is 34.9 Å². The Kier molecular flexibility index (Phi) is 5.48. The number of methoxy groups -OCH3 is 1. The number of benzene rings is 1. The van der Waals surface area contributed by atoms with E-state index in [0.717, 1.165) is 43.7 Å². The van der Waals surface area contributed by atoms with Crippen LogP contribution in [0.2, 0.25) is 5.02 Å². The van der Waals surface area contributed by atoms with Crippen LogP contribution in [0.25, 0.3) is 0 Å². The molecule has 0 amide bonds. The van der Waals surface area contributed by atoms with Crippen LogP contribution in [-0.2, 0) is 9.53 Å². The Labute approximate surface area is 148 Å². The van der Waals surface area contributed by atoms with Crippen LogP contribution in [0.1, 0.15) is 50.1 Å². The van der Waals surface area contributed by atoms with Gasteiger partial charge in [-0.25, -0.2) is 0 Å². The number of fused-ring (bicyclic) bond motifs is 1. The van der Waals surface area contributed by atoms with Gasteiger partial charge >= 0.3 is 5.97 Å². The summed E-state index contributed by atoms with van der Waals surface area (Å²) in [5.41, 5.74) is 0.596. The van der Waals surface area contributed by atoms with Crippen molar-refractivity contribution in [1.29, 1.82) is 0 Å². The molecule has 5 heteroatoms. The van der Waals surface area contributed by atoms with Crippen LogP contribution in [0.4, 0.5) is 0 Å². The van der Waals surface area contributed by atoms with Gasteiger partial charge in [0.1, 0.15) is 0 Å². The van der Waals surface area contributed by atoms with E-state index < -0.39 is 5.60 Å². The van der Waals surface area contributed by atoms with Gasteiger partial charge in [0.15, 0.2) is 0 Å². The molecule has 1 aromatic rings. The smallest absolute Gasteiger partial charge is 0.306 e. The molecule has 132 valence electrons. The summed E-state index contributed by atoms with van der Waals surface area (Å²) in [5, 5.41) is 11.9. The molecule has 2 fully saturated rings. The van der Waals surface area contributed by atoms with Gasteiger partial charge in [-0.2, -0.15) is 0 Å². The number of aliphatic hydroxyl groups is 1. The largest absolute Gasteiger partial charge is 0.469 e. The van der Waals surface area contributed by atoms with E-state index in [1.165, 1.54) is 12.7 Å². The molecule has 1 N–H and O–H groups in total. The first kappa shape index (κ1) is 17.7. The molecule has 1 aliphatic heterocycles. The summed E-state index contributed by atoms with van der Waals surface area (Å²) in [6.07, 6.45) is 5.32. The van der Waals surface area contributed by atoms with E-state index in [9.17, 15) is 9.90 Å². The van der Waals surface area contributed by atoms with Gasteiger partial charge in [-0.1, -0.05) is 36.6 Å². The third kappa shape index (κ3) is 3.61. The monoisotopic (exact) mass is 351 g/mol. The van der Waals surface area contributed by atoms with Gasteiger partial charge in [-0.05, 0) is 37.0 Å². The number of hydrogen-bond donors (Lipinski definition) is 1. The molecule has 1 saturated carbocycles. The Morgan fingerprint density at radius 1 is 1.33 bits per heavy atom. The summed E-state index contributed by atoms with van der Waals surface area (Å²) >= 11 is 6.05. The normalized spacial score (nSPS) is 30.6. The van der Waals surface area contributed by atoms with E-state index in [0.29, 0.717) is 13.0 Å². The molecule has 0 aromatic heterocycles. The third-order valence-electron chi connectivity index (χ3n) is 5.71. The summed E-state index contributed by atoms with van der Waals surface area (Å²) in [6.45, 7) is 1.46. The number of likely N-dealkylation sites (tertiary alicyclic amines) is 1. The zero-order chi connectivity index (χ0) is 17.2. The van der Waals surface area contributed by atoms with Gasteiger partial charge in [-0.3, -0.25) is 9.69 Å². The minimum Gasteiger partial charge on any atom is -0.469 e. The lowest BCUT2D eigenvalue weighted by atomic mass is 9.66. The minimum absolute atomic E-state index is 0.131. The molecule has 0 spiro atoms.